The number of benzene rings is 1. The van der Waals surface area contributed by atoms with Crippen LogP contribution in [0.15, 0.2) is 30.5 Å². The summed E-state index contributed by atoms with van der Waals surface area (Å²) in [7, 11) is 1.83. The van der Waals surface area contributed by atoms with Crippen molar-refractivity contribution in [1.82, 2.24) is 19.7 Å². The van der Waals surface area contributed by atoms with Gasteiger partial charge in [0.1, 0.15) is 10.8 Å². The molecule has 1 saturated carbocycles. The lowest BCUT2D eigenvalue weighted by Crippen LogP contribution is -2.36. The van der Waals surface area contributed by atoms with Crippen LogP contribution in [-0.4, -0.2) is 31.7 Å². The SMILES string of the molecule is Cc1cnn(C)c1NC(=O)N(Cc1nc2ccccc2s1)C1CC1. The van der Waals surface area contributed by atoms with Crippen LogP contribution in [0, 0.1) is 6.92 Å². The van der Waals surface area contributed by atoms with E-state index in [0.717, 1.165) is 39.4 Å². The van der Waals surface area contributed by atoms with Gasteiger partial charge in [0.05, 0.1) is 23.0 Å². The molecule has 0 saturated heterocycles. The molecule has 0 aliphatic heterocycles. The molecule has 2 heterocycles. The lowest BCUT2D eigenvalue weighted by Gasteiger charge is -2.22. The van der Waals surface area contributed by atoms with Crippen LogP contribution in [0.4, 0.5) is 10.6 Å². The number of para-hydroxylation sites is 1. The number of aryl methyl sites for hydroxylation is 2. The summed E-state index contributed by atoms with van der Waals surface area (Å²) in [6.45, 7) is 2.49. The van der Waals surface area contributed by atoms with Crippen LogP contribution < -0.4 is 5.32 Å². The maximum atomic E-state index is 12.8. The van der Waals surface area contributed by atoms with Crippen LogP contribution in [0.25, 0.3) is 10.2 Å². The number of fused-ring (bicyclic) bond motifs is 1. The zero-order valence-corrected chi connectivity index (χ0v) is 14.5. The molecular weight excluding hydrogens is 322 g/mol. The highest BCUT2D eigenvalue weighted by Gasteiger charge is 2.33. The highest BCUT2D eigenvalue weighted by atomic mass is 32.1. The number of nitrogens with one attached hydrogen (secondary N) is 1. The van der Waals surface area contributed by atoms with E-state index < -0.39 is 0 Å². The molecule has 4 rings (SSSR count). The Morgan fingerprint density at radius 3 is 2.88 bits per heavy atom. The van der Waals surface area contributed by atoms with Crippen molar-refractivity contribution in [2.45, 2.75) is 32.4 Å². The van der Waals surface area contributed by atoms with Gasteiger partial charge < -0.3 is 4.90 Å². The second-order valence-corrected chi connectivity index (χ2v) is 7.28. The van der Waals surface area contributed by atoms with Crippen LogP contribution in [0.3, 0.4) is 0 Å². The third kappa shape index (κ3) is 2.87. The van der Waals surface area contributed by atoms with Gasteiger partial charge in [0.15, 0.2) is 0 Å². The molecule has 0 radical (unpaired) electrons. The van der Waals surface area contributed by atoms with E-state index in [0.29, 0.717) is 12.6 Å². The van der Waals surface area contributed by atoms with Crippen molar-refractivity contribution >= 4 is 33.4 Å². The number of anilines is 1. The van der Waals surface area contributed by atoms with Crippen molar-refractivity contribution in [3.63, 3.8) is 0 Å². The van der Waals surface area contributed by atoms with E-state index >= 15 is 0 Å². The van der Waals surface area contributed by atoms with Crippen molar-refractivity contribution in [3.05, 3.63) is 41.0 Å². The molecule has 0 bridgehead atoms. The first kappa shape index (κ1) is 15.1. The van der Waals surface area contributed by atoms with E-state index in [-0.39, 0.29) is 6.03 Å². The van der Waals surface area contributed by atoms with Crippen molar-refractivity contribution in [3.8, 4) is 0 Å². The first-order valence-electron chi connectivity index (χ1n) is 8.02. The molecule has 0 spiro atoms. The number of carbonyl (C=O) groups excluding carboxylic acids is 1. The summed E-state index contributed by atoms with van der Waals surface area (Å²) in [5, 5.41) is 8.15. The Morgan fingerprint density at radius 2 is 2.21 bits per heavy atom. The molecule has 124 valence electrons. The smallest absolute Gasteiger partial charge is 0.315 e. The second kappa shape index (κ2) is 5.90. The Kier molecular flexibility index (Phi) is 3.72. The minimum Gasteiger partial charge on any atom is -0.315 e. The lowest BCUT2D eigenvalue weighted by atomic mass is 10.3. The van der Waals surface area contributed by atoms with Crippen LogP contribution >= 0.6 is 11.3 Å². The second-order valence-electron chi connectivity index (χ2n) is 6.16. The Balaban J connectivity index is 1.54. The summed E-state index contributed by atoms with van der Waals surface area (Å²) in [6.07, 6.45) is 3.87. The minimum atomic E-state index is -0.0801. The third-order valence-electron chi connectivity index (χ3n) is 4.24. The molecule has 6 nitrogen and oxygen atoms in total. The van der Waals surface area contributed by atoms with Gasteiger partial charge >= 0.3 is 6.03 Å². The molecule has 2 amide bonds. The summed E-state index contributed by atoms with van der Waals surface area (Å²) in [5.41, 5.74) is 1.96. The van der Waals surface area contributed by atoms with Gasteiger partial charge in [-0.25, -0.2) is 9.78 Å². The number of hydrogen-bond acceptors (Lipinski definition) is 4. The first-order valence-corrected chi connectivity index (χ1v) is 8.84. The van der Waals surface area contributed by atoms with Gasteiger partial charge in [0.2, 0.25) is 0 Å². The number of carbonyl (C=O) groups is 1. The van der Waals surface area contributed by atoms with Crippen LogP contribution in [0.5, 0.6) is 0 Å². The molecule has 24 heavy (non-hydrogen) atoms. The average molecular weight is 341 g/mol. The van der Waals surface area contributed by atoms with E-state index in [2.05, 4.69) is 21.5 Å². The Hall–Kier alpha value is -2.41. The molecule has 0 unspecified atom stereocenters. The highest BCUT2D eigenvalue weighted by Crippen LogP contribution is 2.31. The summed E-state index contributed by atoms with van der Waals surface area (Å²) in [4.78, 5) is 19.3. The number of rotatable bonds is 4. The normalized spacial score (nSPS) is 14.1. The molecule has 1 aliphatic carbocycles. The Bertz CT molecular complexity index is 843. The van der Waals surface area contributed by atoms with Gasteiger partial charge in [-0.3, -0.25) is 10.00 Å². The van der Waals surface area contributed by atoms with Gasteiger partial charge in [0.25, 0.3) is 0 Å². The van der Waals surface area contributed by atoms with Gasteiger partial charge in [-0.15, -0.1) is 11.3 Å². The van der Waals surface area contributed by atoms with Gasteiger partial charge in [0, 0.05) is 18.7 Å². The van der Waals surface area contributed by atoms with E-state index in [4.69, 9.17) is 0 Å². The largest absolute Gasteiger partial charge is 0.323 e. The number of aromatic nitrogens is 3. The predicted molar refractivity (Wildman–Crippen MR) is 95.1 cm³/mol. The molecular formula is C17H19N5OS. The monoisotopic (exact) mass is 341 g/mol. The number of urea groups is 1. The predicted octanol–water partition coefficient (Wildman–Crippen LogP) is 3.53. The topological polar surface area (TPSA) is 63.1 Å². The van der Waals surface area contributed by atoms with Crippen LogP contribution in [0.1, 0.15) is 23.4 Å². The van der Waals surface area contributed by atoms with E-state index in [1.165, 1.54) is 0 Å². The molecule has 2 aromatic heterocycles. The molecule has 0 atom stereocenters. The lowest BCUT2D eigenvalue weighted by molar-refractivity contribution is 0.206. The molecule has 1 fully saturated rings. The number of hydrogen-bond donors (Lipinski definition) is 1. The maximum absolute atomic E-state index is 12.8. The third-order valence-corrected chi connectivity index (χ3v) is 5.26. The number of nitrogens with zero attached hydrogens (tertiary/aromatic N) is 4. The first-order chi connectivity index (χ1) is 11.6. The molecule has 1 N–H and O–H groups in total. The fourth-order valence-corrected chi connectivity index (χ4v) is 3.75. The van der Waals surface area contributed by atoms with Gasteiger partial charge in [-0.1, -0.05) is 12.1 Å². The fraction of sp³-hybridized carbons (Fsp3) is 0.353. The summed E-state index contributed by atoms with van der Waals surface area (Å²) in [6, 6.07) is 8.31. The standard InChI is InChI=1S/C17H19N5OS/c1-11-9-18-21(2)16(11)20-17(23)22(12-7-8-12)10-15-19-13-5-3-4-6-14(13)24-15/h3-6,9,12H,7-8,10H2,1-2H3,(H,20,23). The van der Waals surface area contributed by atoms with Gasteiger partial charge in [-0.05, 0) is 31.9 Å². The molecule has 7 heteroatoms. The van der Waals surface area contributed by atoms with Crippen LogP contribution in [-0.2, 0) is 13.6 Å². The Morgan fingerprint density at radius 1 is 1.42 bits per heavy atom. The van der Waals surface area contributed by atoms with Crippen molar-refractivity contribution in [2.24, 2.45) is 7.05 Å². The summed E-state index contributed by atoms with van der Waals surface area (Å²) >= 11 is 1.65. The fourth-order valence-electron chi connectivity index (χ4n) is 2.79. The van der Waals surface area contributed by atoms with Crippen molar-refractivity contribution in [2.75, 3.05) is 5.32 Å². The zero-order chi connectivity index (χ0) is 16.7. The summed E-state index contributed by atoms with van der Waals surface area (Å²) in [5.74, 6) is 0.745. The van der Waals surface area contributed by atoms with Gasteiger partial charge in [-0.2, -0.15) is 5.10 Å². The molecule has 3 aromatic rings. The van der Waals surface area contributed by atoms with Crippen LogP contribution in [0.2, 0.25) is 0 Å². The minimum absolute atomic E-state index is 0.0801. The summed E-state index contributed by atoms with van der Waals surface area (Å²) < 4.78 is 2.85. The number of thiazole rings is 1. The highest BCUT2D eigenvalue weighted by molar-refractivity contribution is 7.18. The maximum Gasteiger partial charge on any atom is 0.323 e. The Labute approximate surface area is 144 Å². The quantitative estimate of drug-likeness (QED) is 0.789. The average Bonchev–Trinajstić information content (AvgIpc) is 3.26. The van der Waals surface area contributed by atoms with Crippen molar-refractivity contribution in [1.29, 1.82) is 0 Å². The molecule has 1 aromatic carbocycles. The van der Waals surface area contributed by atoms with Crippen molar-refractivity contribution < 1.29 is 4.79 Å². The van der Waals surface area contributed by atoms with E-state index in [1.807, 2.05) is 37.1 Å². The van der Waals surface area contributed by atoms with E-state index in [1.54, 1.807) is 22.2 Å². The number of amides is 2. The zero-order valence-electron chi connectivity index (χ0n) is 13.7. The molecule has 1 aliphatic rings. The van der Waals surface area contributed by atoms with E-state index in [9.17, 15) is 4.79 Å².